The van der Waals surface area contributed by atoms with Crippen LogP contribution in [0.2, 0.25) is 0 Å². The maximum atomic E-state index is 5.76. The molecular weight excluding hydrogens is 292 g/mol. The molecule has 102 valence electrons. The van der Waals surface area contributed by atoms with E-state index in [-0.39, 0.29) is 0 Å². The molecule has 0 bridgehead atoms. The van der Waals surface area contributed by atoms with Gasteiger partial charge in [0.15, 0.2) is 0 Å². The van der Waals surface area contributed by atoms with Gasteiger partial charge in [-0.15, -0.1) is 0 Å². The second kappa shape index (κ2) is 5.72. The van der Waals surface area contributed by atoms with Crippen LogP contribution < -0.4 is 11.3 Å². The summed E-state index contributed by atoms with van der Waals surface area (Å²) in [5, 5.41) is 4.44. The van der Waals surface area contributed by atoms with Gasteiger partial charge in [0.1, 0.15) is 0 Å². The number of hydrogen-bond acceptors (Lipinski definition) is 3. The maximum absolute atomic E-state index is 5.76. The zero-order valence-corrected chi connectivity index (χ0v) is 13.0. The van der Waals surface area contributed by atoms with Crippen molar-refractivity contribution in [3.8, 4) is 0 Å². The van der Waals surface area contributed by atoms with Crippen LogP contribution in [0.3, 0.4) is 0 Å². The molecule has 3 N–H and O–H groups in total. The molecule has 0 radical (unpaired) electrons. The Labute approximate surface area is 117 Å². The van der Waals surface area contributed by atoms with Crippen LogP contribution in [0.5, 0.6) is 0 Å². The summed E-state index contributed by atoms with van der Waals surface area (Å²) in [6.07, 6.45) is 4.83. The Kier molecular flexibility index (Phi) is 4.45. The first-order chi connectivity index (χ1) is 8.52. The van der Waals surface area contributed by atoms with Gasteiger partial charge in [0.25, 0.3) is 0 Å². The Hall–Kier alpha value is -0.390. The molecule has 3 atom stereocenters. The molecule has 0 aromatic carbocycles. The van der Waals surface area contributed by atoms with Gasteiger partial charge < -0.3 is 0 Å². The Morgan fingerprint density at radius 3 is 2.72 bits per heavy atom. The fourth-order valence-corrected chi connectivity index (χ4v) is 3.59. The number of nitrogens with zero attached hydrogens (tertiary/aromatic N) is 2. The predicted octanol–water partition coefficient (Wildman–Crippen LogP) is 2.30. The highest BCUT2D eigenvalue weighted by Crippen LogP contribution is 2.34. The van der Waals surface area contributed by atoms with Crippen LogP contribution in [0.25, 0.3) is 0 Å². The normalized spacial score (nSPS) is 25.6. The van der Waals surface area contributed by atoms with Gasteiger partial charge in [-0.1, -0.05) is 13.3 Å². The predicted molar refractivity (Wildman–Crippen MR) is 77.0 cm³/mol. The van der Waals surface area contributed by atoms with Crippen molar-refractivity contribution in [2.24, 2.45) is 24.7 Å². The van der Waals surface area contributed by atoms with Crippen molar-refractivity contribution in [2.45, 2.75) is 45.6 Å². The Morgan fingerprint density at radius 1 is 1.56 bits per heavy atom. The highest BCUT2D eigenvalue weighted by molar-refractivity contribution is 9.10. The molecule has 18 heavy (non-hydrogen) atoms. The van der Waals surface area contributed by atoms with Crippen LogP contribution >= 0.6 is 15.9 Å². The van der Waals surface area contributed by atoms with E-state index in [1.807, 2.05) is 18.7 Å². The monoisotopic (exact) mass is 314 g/mol. The lowest BCUT2D eigenvalue weighted by atomic mass is 9.93. The van der Waals surface area contributed by atoms with Gasteiger partial charge in [0.2, 0.25) is 0 Å². The van der Waals surface area contributed by atoms with Gasteiger partial charge in [0, 0.05) is 19.5 Å². The zero-order chi connectivity index (χ0) is 13.3. The topological polar surface area (TPSA) is 55.9 Å². The fraction of sp³-hybridized carbons (Fsp3) is 0.769. The van der Waals surface area contributed by atoms with Crippen LogP contribution in [0.1, 0.15) is 37.6 Å². The standard InChI is InChI=1S/C13H23BrN4/c1-8-4-5-10(6-8)11(16-15)7-12-13(14)9(2)17-18(12)3/h8,10-11,16H,4-7,15H2,1-3H3. The van der Waals surface area contributed by atoms with Gasteiger partial charge in [-0.3, -0.25) is 16.0 Å². The van der Waals surface area contributed by atoms with Gasteiger partial charge in [0.05, 0.1) is 15.9 Å². The first-order valence-corrected chi connectivity index (χ1v) is 7.46. The summed E-state index contributed by atoms with van der Waals surface area (Å²) < 4.78 is 3.08. The van der Waals surface area contributed by atoms with E-state index >= 15 is 0 Å². The van der Waals surface area contributed by atoms with E-state index in [4.69, 9.17) is 5.84 Å². The number of nitrogens with two attached hydrogens (primary N) is 1. The SMILES string of the molecule is Cc1nn(C)c(CC(NN)C2CCC(C)C2)c1Br. The molecule has 1 saturated carbocycles. The molecule has 0 saturated heterocycles. The molecule has 2 rings (SSSR count). The second-order valence-corrected chi connectivity index (χ2v) is 6.42. The van der Waals surface area contributed by atoms with E-state index in [0.717, 1.165) is 22.5 Å². The molecule has 0 aliphatic heterocycles. The van der Waals surface area contributed by atoms with Crippen LogP contribution in [-0.2, 0) is 13.5 Å². The van der Waals surface area contributed by atoms with Crippen LogP contribution in [0, 0.1) is 18.8 Å². The average molecular weight is 315 g/mol. The Morgan fingerprint density at radius 2 is 2.28 bits per heavy atom. The first kappa shape index (κ1) is 14.0. The number of aryl methyl sites for hydroxylation is 2. The van der Waals surface area contributed by atoms with E-state index in [9.17, 15) is 0 Å². The lowest BCUT2D eigenvalue weighted by Crippen LogP contribution is -2.42. The molecule has 5 heteroatoms. The molecule has 4 nitrogen and oxygen atoms in total. The summed E-state index contributed by atoms with van der Waals surface area (Å²) in [5.74, 6) is 7.28. The van der Waals surface area contributed by atoms with Gasteiger partial charge in [-0.2, -0.15) is 5.10 Å². The summed E-state index contributed by atoms with van der Waals surface area (Å²) in [7, 11) is 2.00. The number of aromatic nitrogens is 2. The second-order valence-electron chi connectivity index (χ2n) is 5.63. The van der Waals surface area contributed by atoms with Crippen molar-refractivity contribution in [1.82, 2.24) is 15.2 Å². The minimum Gasteiger partial charge on any atom is -0.271 e. The summed E-state index contributed by atoms with van der Waals surface area (Å²) in [4.78, 5) is 0. The van der Waals surface area contributed by atoms with E-state index in [1.165, 1.54) is 25.0 Å². The molecule has 0 amide bonds. The maximum Gasteiger partial charge on any atom is 0.0738 e. The van der Waals surface area contributed by atoms with Crippen LogP contribution in [0.4, 0.5) is 0 Å². The molecule has 1 aliphatic carbocycles. The lowest BCUT2D eigenvalue weighted by molar-refractivity contribution is 0.347. The van der Waals surface area contributed by atoms with E-state index in [1.54, 1.807) is 0 Å². The Bertz CT molecular complexity index is 415. The van der Waals surface area contributed by atoms with E-state index < -0.39 is 0 Å². The van der Waals surface area contributed by atoms with Gasteiger partial charge >= 0.3 is 0 Å². The van der Waals surface area contributed by atoms with Gasteiger partial charge in [-0.05, 0) is 47.5 Å². The molecule has 1 fully saturated rings. The number of rotatable bonds is 4. The molecule has 1 aromatic rings. The summed E-state index contributed by atoms with van der Waals surface area (Å²) >= 11 is 3.63. The van der Waals surface area contributed by atoms with Crippen molar-refractivity contribution in [3.05, 3.63) is 15.9 Å². The summed E-state index contributed by atoms with van der Waals surface area (Å²) in [5.41, 5.74) is 5.29. The highest BCUT2D eigenvalue weighted by Gasteiger charge is 2.29. The quantitative estimate of drug-likeness (QED) is 0.662. The number of halogens is 1. The van der Waals surface area contributed by atoms with Gasteiger partial charge in [-0.25, -0.2) is 0 Å². The first-order valence-electron chi connectivity index (χ1n) is 6.67. The lowest BCUT2D eigenvalue weighted by Gasteiger charge is -2.23. The summed E-state index contributed by atoms with van der Waals surface area (Å²) in [6.45, 7) is 4.35. The number of hydrazine groups is 1. The third kappa shape index (κ3) is 2.78. The minimum atomic E-state index is 0.348. The van der Waals surface area contributed by atoms with Crippen LogP contribution in [-0.4, -0.2) is 15.8 Å². The molecule has 1 aliphatic rings. The molecule has 0 spiro atoms. The van der Waals surface area contributed by atoms with E-state index in [0.29, 0.717) is 12.0 Å². The van der Waals surface area contributed by atoms with Crippen LogP contribution in [0.15, 0.2) is 4.47 Å². The largest absolute Gasteiger partial charge is 0.271 e. The molecular formula is C13H23BrN4. The number of nitrogens with one attached hydrogen (secondary N) is 1. The smallest absolute Gasteiger partial charge is 0.0738 e. The van der Waals surface area contributed by atoms with Crippen molar-refractivity contribution in [3.63, 3.8) is 0 Å². The zero-order valence-electron chi connectivity index (χ0n) is 11.4. The van der Waals surface area contributed by atoms with Crippen molar-refractivity contribution in [2.75, 3.05) is 0 Å². The third-order valence-electron chi connectivity index (χ3n) is 4.19. The average Bonchev–Trinajstić information content (AvgIpc) is 2.84. The van der Waals surface area contributed by atoms with Crippen molar-refractivity contribution < 1.29 is 0 Å². The Balaban J connectivity index is 2.10. The molecule has 1 heterocycles. The molecule has 3 unspecified atom stereocenters. The fourth-order valence-electron chi connectivity index (χ4n) is 3.09. The van der Waals surface area contributed by atoms with Crippen molar-refractivity contribution >= 4 is 15.9 Å². The summed E-state index contributed by atoms with van der Waals surface area (Å²) in [6, 6.07) is 0.348. The van der Waals surface area contributed by atoms with E-state index in [2.05, 4.69) is 33.4 Å². The minimum absolute atomic E-state index is 0.348. The van der Waals surface area contributed by atoms with Crippen molar-refractivity contribution in [1.29, 1.82) is 0 Å². The molecule has 1 aromatic heterocycles. The number of hydrogen-bond donors (Lipinski definition) is 2. The highest BCUT2D eigenvalue weighted by atomic mass is 79.9. The third-order valence-corrected chi connectivity index (χ3v) is 5.22.